The molecule has 7 heteroatoms. The first kappa shape index (κ1) is 22.5. The highest BCUT2D eigenvalue weighted by molar-refractivity contribution is 7.09. The first-order valence-corrected chi connectivity index (χ1v) is 11.5. The Morgan fingerprint density at radius 2 is 2.03 bits per heavy atom. The van der Waals surface area contributed by atoms with Crippen molar-refractivity contribution in [3.63, 3.8) is 0 Å². The molecule has 1 aliphatic rings. The smallest absolute Gasteiger partial charge is 0.253 e. The highest BCUT2D eigenvalue weighted by Crippen LogP contribution is 2.18. The number of benzene rings is 1. The van der Waals surface area contributed by atoms with Gasteiger partial charge >= 0.3 is 0 Å². The van der Waals surface area contributed by atoms with Crippen LogP contribution in [0.5, 0.6) is 0 Å². The van der Waals surface area contributed by atoms with E-state index in [0.29, 0.717) is 24.3 Å². The zero-order chi connectivity index (χ0) is 21.3. The molecule has 1 aromatic heterocycles. The number of ether oxygens (including phenoxy) is 1. The summed E-state index contributed by atoms with van der Waals surface area (Å²) in [4.78, 5) is 30.5. The molecule has 0 unspecified atom stereocenters. The summed E-state index contributed by atoms with van der Waals surface area (Å²) in [5, 5.41) is 5.01. The highest BCUT2D eigenvalue weighted by Gasteiger charge is 2.21. The molecule has 2 amide bonds. The van der Waals surface area contributed by atoms with E-state index < -0.39 is 0 Å². The van der Waals surface area contributed by atoms with Crippen LogP contribution in [0.4, 0.5) is 5.69 Å². The van der Waals surface area contributed by atoms with Crippen LogP contribution in [0.2, 0.25) is 0 Å². The van der Waals surface area contributed by atoms with Crippen LogP contribution in [0.3, 0.4) is 0 Å². The maximum atomic E-state index is 12.8. The standard InChI is InChI=1S/C23H31N3O3S/c1-3-26(4-2)23(28)18-8-5-9-19(14-18)24-22(27)17-25(15-20-10-6-12-29-20)16-21-11-7-13-30-21/h5,7-9,11,13-14,20H,3-4,6,10,12,15-17H2,1-2H3,(H,24,27)/t20-/m0/s1. The van der Waals surface area contributed by atoms with Crippen molar-refractivity contribution in [2.24, 2.45) is 0 Å². The summed E-state index contributed by atoms with van der Waals surface area (Å²) < 4.78 is 5.78. The van der Waals surface area contributed by atoms with Gasteiger partial charge in [0.15, 0.2) is 0 Å². The Bertz CT molecular complexity index is 815. The molecule has 0 radical (unpaired) electrons. The Kier molecular flexibility index (Phi) is 8.42. The van der Waals surface area contributed by atoms with E-state index in [1.807, 2.05) is 32.0 Å². The van der Waals surface area contributed by atoms with E-state index in [4.69, 9.17) is 4.74 Å². The van der Waals surface area contributed by atoms with Gasteiger partial charge in [-0.3, -0.25) is 14.5 Å². The van der Waals surface area contributed by atoms with Gasteiger partial charge in [0, 0.05) is 48.9 Å². The molecule has 0 saturated carbocycles. The second-order valence-electron chi connectivity index (χ2n) is 7.49. The number of amides is 2. The van der Waals surface area contributed by atoms with Crippen LogP contribution in [-0.2, 0) is 16.1 Å². The molecule has 1 aromatic carbocycles. The average molecular weight is 430 g/mol. The number of nitrogens with zero attached hydrogens (tertiary/aromatic N) is 2. The Labute approximate surface area is 182 Å². The molecular weight excluding hydrogens is 398 g/mol. The SMILES string of the molecule is CCN(CC)C(=O)c1cccc(NC(=O)CN(Cc2cccs2)C[C@@H]2CCCO2)c1. The first-order valence-electron chi connectivity index (χ1n) is 10.6. The van der Waals surface area contributed by atoms with Crippen LogP contribution in [0, 0.1) is 0 Å². The summed E-state index contributed by atoms with van der Waals surface area (Å²) in [6, 6.07) is 11.3. The molecule has 0 spiro atoms. The number of rotatable bonds is 10. The fraction of sp³-hybridized carbons (Fsp3) is 0.478. The second kappa shape index (κ2) is 11.2. The number of thiophene rings is 1. The molecule has 2 aromatic rings. The maximum Gasteiger partial charge on any atom is 0.253 e. The van der Waals surface area contributed by atoms with Crippen molar-refractivity contribution in [3.8, 4) is 0 Å². The van der Waals surface area contributed by atoms with Crippen molar-refractivity contribution in [1.29, 1.82) is 0 Å². The third-order valence-corrected chi connectivity index (χ3v) is 6.12. The van der Waals surface area contributed by atoms with Crippen molar-refractivity contribution in [1.82, 2.24) is 9.80 Å². The molecule has 162 valence electrons. The molecule has 6 nitrogen and oxygen atoms in total. The van der Waals surface area contributed by atoms with Crippen LogP contribution in [0.15, 0.2) is 41.8 Å². The Balaban J connectivity index is 1.62. The quantitative estimate of drug-likeness (QED) is 0.623. The minimum absolute atomic E-state index is 0.0196. The number of carbonyl (C=O) groups is 2. The zero-order valence-electron chi connectivity index (χ0n) is 17.8. The van der Waals surface area contributed by atoms with Crippen molar-refractivity contribution >= 4 is 28.8 Å². The minimum atomic E-state index is -0.0861. The highest BCUT2D eigenvalue weighted by atomic mass is 32.1. The number of hydrogen-bond donors (Lipinski definition) is 1. The van der Waals surface area contributed by atoms with Crippen LogP contribution in [0.1, 0.15) is 41.9 Å². The van der Waals surface area contributed by atoms with Gasteiger partial charge in [0.2, 0.25) is 5.91 Å². The fourth-order valence-corrected chi connectivity index (χ4v) is 4.46. The third-order valence-electron chi connectivity index (χ3n) is 5.26. The summed E-state index contributed by atoms with van der Waals surface area (Å²) >= 11 is 1.70. The van der Waals surface area contributed by atoms with Gasteiger partial charge in [-0.2, -0.15) is 0 Å². The van der Waals surface area contributed by atoms with Gasteiger partial charge in [-0.05, 0) is 56.3 Å². The molecule has 2 heterocycles. The minimum Gasteiger partial charge on any atom is -0.377 e. The van der Waals surface area contributed by atoms with E-state index >= 15 is 0 Å². The largest absolute Gasteiger partial charge is 0.377 e. The molecule has 1 N–H and O–H groups in total. The Hall–Kier alpha value is -2.22. The van der Waals surface area contributed by atoms with Gasteiger partial charge in [0.05, 0.1) is 12.6 Å². The summed E-state index contributed by atoms with van der Waals surface area (Å²) in [7, 11) is 0. The third kappa shape index (κ3) is 6.39. The lowest BCUT2D eigenvalue weighted by atomic mass is 10.1. The van der Waals surface area contributed by atoms with E-state index in [1.165, 1.54) is 4.88 Å². The maximum absolute atomic E-state index is 12.8. The Morgan fingerprint density at radius 3 is 2.70 bits per heavy atom. The van der Waals surface area contributed by atoms with E-state index in [9.17, 15) is 9.59 Å². The van der Waals surface area contributed by atoms with Gasteiger partial charge in [-0.15, -0.1) is 11.3 Å². The lowest BCUT2D eigenvalue weighted by Gasteiger charge is -2.24. The van der Waals surface area contributed by atoms with Gasteiger partial charge in [-0.25, -0.2) is 0 Å². The second-order valence-corrected chi connectivity index (χ2v) is 8.52. The lowest BCUT2D eigenvalue weighted by molar-refractivity contribution is -0.117. The van der Waals surface area contributed by atoms with Crippen molar-refractivity contribution in [2.75, 3.05) is 38.1 Å². The number of carbonyl (C=O) groups excluding carboxylic acids is 2. The van der Waals surface area contributed by atoms with E-state index in [0.717, 1.165) is 32.5 Å². The Morgan fingerprint density at radius 1 is 1.20 bits per heavy atom. The number of hydrogen-bond acceptors (Lipinski definition) is 5. The summed E-state index contributed by atoms with van der Waals surface area (Å²) in [5.74, 6) is -0.106. The molecular formula is C23H31N3O3S. The zero-order valence-corrected chi connectivity index (χ0v) is 18.6. The molecule has 0 aliphatic carbocycles. The van der Waals surface area contributed by atoms with Gasteiger partial charge in [0.25, 0.3) is 5.91 Å². The molecule has 30 heavy (non-hydrogen) atoms. The van der Waals surface area contributed by atoms with Gasteiger partial charge in [-0.1, -0.05) is 12.1 Å². The molecule has 1 atom stereocenters. The van der Waals surface area contributed by atoms with Crippen molar-refractivity contribution in [3.05, 3.63) is 52.2 Å². The monoisotopic (exact) mass is 429 g/mol. The van der Waals surface area contributed by atoms with Crippen LogP contribution in [-0.4, -0.2) is 60.5 Å². The molecule has 0 bridgehead atoms. The van der Waals surface area contributed by atoms with Gasteiger partial charge < -0.3 is 15.0 Å². The summed E-state index contributed by atoms with van der Waals surface area (Å²) in [6.07, 6.45) is 2.31. The molecule has 3 rings (SSSR count). The summed E-state index contributed by atoms with van der Waals surface area (Å²) in [5.41, 5.74) is 1.23. The van der Waals surface area contributed by atoms with E-state index in [2.05, 4.69) is 21.7 Å². The van der Waals surface area contributed by atoms with Gasteiger partial charge in [0.1, 0.15) is 0 Å². The van der Waals surface area contributed by atoms with E-state index in [-0.39, 0.29) is 24.5 Å². The summed E-state index contributed by atoms with van der Waals surface area (Å²) in [6.45, 7) is 7.80. The van der Waals surface area contributed by atoms with Crippen molar-refractivity contribution < 1.29 is 14.3 Å². The van der Waals surface area contributed by atoms with E-state index in [1.54, 1.807) is 28.4 Å². The topological polar surface area (TPSA) is 61.9 Å². The average Bonchev–Trinajstić information content (AvgIpc) is 3.43. The fourth-order valence-electron chi connectivity index (χ4n) is 3.71. The predicted molar refractivity (Wildman–Crippen MR) is 121 cm³/mol. The number of nitrogens with one attached hydrogen (secondary N) is 1. The molecule has 1 aliphatic heterocycles. The van der Waals surface area contributed by atoms with Crippen LogP contribution < -0.4 is 5.32 Å². The lowest BCUT2D eigenvalue weighted by Crippen LogP contribution is -2.37. The molecule has 1 fully saturated rings. The first-order chi connectivity index (χ1) is 14.6. The predicted octanol–water partition coefficient (Wildman–Crippen LogP) is 3.85. The van der Waals surface area contributed by atoms with Crippen molar-refractivity contribution in [2.45, 2.75) is 39.3 Å². The number of anilines is 1. The van der Waals surface area contributed by atoms with Crippen LogP contribution in [0.25, 0.3) is 0 Å². The van der Waals surface area contributed by atoms with Crippen LogP contribution >= 0.6 is 11.3 Å². The normalized spacial score (nSPS) is 16.0. The molecule has 1 saturated heterocycles.